The molecule has 0 radical (unpaired) electrons. The fourth-order valence-corrected chi connectivity index (χ4v) is 1.97. The number of nitrogens with two attached hydrogens (primary N) is 1. The van der Waals surface area contributed by atoms with Crippen LogP contribution in [0.2, 0.25) is 0 Å². The number of aromatic nitrogens is 2. The number of alkyl halides is 3. The lowest BCUT2D eigenvalue weighted by molar-refractivity contribution is -0.176. The number of anilines is 1. The van der Waals surface area contributed by atoms with E-state index in [-0.39, 0.29) is 37.2 Å². The number of nitrogens with zero attached hydrogens (tertiary/aromatic N) is 3. The lowest BCUT2D eigenvalue weighted by atomic mass is 9.98. The van der Waals surface area contributed by atoms with Crippen LogP contribution in [0, 0.1) is 5.92 Å². The van der Waals surface area contributed by atoms with E-state index in [1.807, 2.05) is 0 Å². The summed E-state index contributed by atoms with van der Waals surface area (Å²) in [7, 11) is 0. The van der Waals surface area contributed by atoms with E-state index < -0.39 is 18.1 Å². The van der Waals surface area contributed by atoms with E-state index in [2.05, 4.69) is 10.1 Å². The van der Waals surface area contributed by atoms with Crippen LogP contribution in [0.1, 0.15) is 31.7 Å². The second-order valence-electron chi connectivity index (χ2n) is 4.55. The SMILES string of the molecule is C[C@H](N)c1nc(N2CCCC(C(F)(F)F)C2)no1.Cl. The summed E-state index contributed by atoms with van der Waals surface area (Å²) >= 11 is 0. The van der Waals surface area contributed by atoms with E-state index in [0.717, 1.165) is 0 Å². The quantitative estimate of drug-likeness (QED) is 0.907. The van der Waals surface area contributed by atoms with Gasteiger partial charge in [-0.05, 0) is 24.9 Å². The molecule has 0 amide bonds. The highest BCUT2D eigenvalue weighted by Crippen LogP contribution is 2.34. The molecular formula is C10H16ClF3N4O. The molecule has 0 bridgehead atoms. The van der Waals surface area contributed by atoms with Crippen LogP contribution in [0.3, 0.4) is 0 Å². The van der Waals surface area contributed by atoms with E-state index in [1.165, 1.54) is 4.90 Å². The minimum atomic E-state index is -4.17. The summed E-state index contributed by atoms with van der Waals surface area (Å²) in [6, 6.07) is -0.422. The zero-order valence-electron chi connectivity index (χ0n) is 10.4. The standard InChI is InChI=1S/C10H15F3N4O.ClH/c1-6(14)8-15-9(16-18-8)17-4-2-3-7(5-17)10(11,12)13;/h6-7H,2-5,14H2,1H3;1H/t6-,7?;/m0./s1. The molecular weight excluding hydrogens is 285 g/mol. The Bertz CT molecular complexity index is 410. The van der Waals surface area contributed by atoms with Crippen molar-refractivity contribution in [3.05, 3.63) is 5.89 Å². The summed E-state index contributed by atoms with van der Waals surface area (Å²) in [6.07, 6.45) is -3.56. The van der Waals surface area contributed by atoms with Gasteiger partial charge in [0.25, 0.3) is 5.95 Å². The molecule has 1 saturated heterocycles. The number of hydrogen-bond donors (Lipinski definition) is 1. The fourth-order valence-electron chi connectivity index (χ4n) is 1.97. The van der Waals surface area contributed by atoms with Crippen LogP contribution in [0.4, 0.5) is 19.1 Å². The second kappa shape index (κ2) is 5.96. The van der Waals surface area contributed by atoms with Crippen LogP contribution in [0.5, 0.6) is 0 Å². The predicted octanol–water partition coefficient (Wildman–Crippen LogP) is 2.29. The van der Waals surface area contributed by atoms with Crippen LogP contribution in [0.25, 0.3) is 0 Å². The van der Waals surface area contributed by atoms with E-state index in [0.29, 0.717) is 13.0 Å². The Morgan fingerprint density at radius 2 is 2.16 bits per heavy atom. The first-order chi connectivity index (χ1) is 8.38. The van der Waals surface area contributed by atoms with Gasteiger partial charge in [-0.3, -0.25) is 0 Å². The summed E-state index contributed by atoms with van der Waals surface area (Å²) in [5, 5.41) is 3.67. The fraction of sp³-hybridized carbons (Fsp3) is 0.800. The van der Waals surface area contributed by atoms with E-state index in [4.69, 9.17) is 10.3 Å². The summed E-state index contributed by atoms with van der Waals surface area (Å²) in [6.45, 7) is 2.05. The van der Waals surface area contributed by atoms with Crippen LogP contribution < -0.4 is 10.6 Å². The minimum absolute atomic E-state index is 0. The molecule has 0 aliphatic carbocycles. The lowest BCUT2D eigenvalue weighted by Gasteiger charge is -2.32. The van der Waals surface area contributed by atoms with Gasteiger partial charge < -0.3 is 15.2 Å². The van der Waals surface area contributed by atoms with Gasteiger partial charge in [0.1, 0.15) is 0 Å². The van der Waals surface area contributed by atoms with Gasteiger partial charge in [-0.25, -0.2) is 0 Å². The van der Waals surface area contributed by atoms with Crippen molar-refractivity contribution in [2.45, 2.75) is 32.0 Å². The summed E-state index contributed by atoms with van der Waals surface area (Å²) in [5.74, 6) is -0.904. The largest absolute Gasteiger partial charge is 0.393 e. The molecule has 2 heterocycles. The van der Waals surface area contributed by atoms with Crippen molar-refractivity contribution in [1.29, 1.82) is 0 Å². The molecule has 9 heteroatoms. The third-order valence-corrected chi connectivity index (χ3v) is 2.99. The molecule has 0 saturated carbocycles. The van der Waals surface area contributed by atoms with Gasteiger partial charge in [0.2, 0.25) is 5.89 Å². The highest BCUT2D eigenvalue weighted by Gasteiger charge is 2.42. The molecule has 5 nitrogen and oxygen atoms in total. The average Bonchev–Trinajstić information content (AvgIpc) is 2.77. The van der Waals surface area contributed by atoms with Crippen LogP contribution >= 0.6 is 12.4 Å². The van der Waals surface area contributed by atoms with Crippen LogP contribution in [0.15, 0.2) is 4.52 Å². The lowest BCUT2D eigenvalue weighted by Crippen LogP contribution is -2.42. The molecule has 2 rings (SSSR count). The van der Waals surface area contributed by atoms with Gasteiger partial charge in [-0.15, -0.1) is 12.4 Å². The first-order valence-electron chi connectivity index (χ1n) is 5.79. The van der Waals surface area contributed by atoms with Crippen molar-refractivity contribution in [2.24, 2.45) is 11.7 Å². The maximum Gasteiger partial charge on any atom is 0.393 e. The summed E-state index contributed by atoms with van der Waals surface area (Å²) < 4.78 is 42.8. The van der Waals surface area contributed by atoms with E-state index >= 15 is 0 Å². The molecule has 2 N–H and O–H groups in total. The Morgan fingerprint density at radius 1 is 1.47 bits per heavy atom. The van der Waals surface area contributed by atoms with Gasteiger partial charge in [0, 0.05) is 13.1 Å². The van der Waals surface area contributed by atoms with Gasteiger partial charge in [0.15, 0.2) is 0 Å². The molecule has 1 unspecified atom stereocenters. The Morgan fingerprint density at radius 3 is 2.68 bits per heavy atom. The molecule has 110 valence electrons. The van der Waals surface area contributed by atoms with Gasteiger partial charge >= 0.3 is 6.18 Å². The van der Waals surface area contributed by atoms with Crippen molar-refractivity contribution < 1.29 is 17.7 Å². The molecule has 1 aromatic rings. The van der Waals surface area contributed by atoms with Crippen molar-refractivity contribution >= 4 is 18.4 Å². The van der Waals surface area contributed by atoms with Gasteiger partial charge in [-0.2, -0.15) is 18.2 Å². The number of piperidine rings is 1. The maximum atomic E-state index is 12.7. The Balaban J connectivity index is 0.00000180. The van der Waals surface area contributed by atoms with Crippen molar-refractivity contribution in [3.63, 3.8) is 0 Å². The zero-order valence-corrected chi connectivity index (χ0v) is 11.2. The maximum absolute atomic E-state index is 12.7. The van der Waals surface area contributed by atoms with E-state index in [9.17, 15) is 13.2 Å². The second-order valence-corrected chi connectivity index (χ2v) is 4.55. The number of hydrogen-bond acceptors (Lipinski definition) is 5. The Labute approximate surface area is 114 Å². The van der Waals surface area contributed by atoms with Crippen molar-refractivity contribution in [2.75, 3.05) is 18.0 Å². The third kappa shape index (κ3) is 3.73. The first-order valence-corrected chi connectivity index (χ1v) is 5.79. The monoisotopic (exact) mass is 300 g/mol. The smallest absolute Gasteiger partial charge is 0.338 e. The van der Waals surface area contributed by atoms with Crippen molar-refractivity contribution in [1.82, 2.24) is 10.1 Å². The zero-order chi connectivity index (χ0) is 13.3. The molecule has 1 aromatic heterocycles. The number of halogens is 4. The highest BCUT2D eigenvalue weighted by molar-refractivity contribution is 5.85. The summed E-state index contributed by atoms with van der Waals surface area (Å²) in [4.78, 5) is 5.50. The topological polar surface area (TPSA) is 68.2 Å². The molecule has 2 atom stereocenters. The molecule has 0 spiro atoms. The Hall–Kier alpha value is -1.02. The summed E-state index contributed by atoms with van der Waals surface area (Å²) in [5.41, 5.74) is 5.56. The highest BCUT2D eigenvalue weighted by atomic mass is 35.5. The average molecular weight is 301 g/mol. The number of rotatable bonds is 2. The first kappa shape index (κ1) is 16.0. The predicted molar refractivity (Wildman–Crippen MR) is 65.1 cm³/mol. The minimum Gasteiger partial charge on any atom is -0.338 e. The van der Waals surface area contributed by atoms with Crippen LogP contribution in [-0.2, 0) is 0 Å². The Kier molecular flexibility index (Phi) is 5.03. The third-order valence-electron chi connectivity index (χ3n) is 2.99. The molecule has 1 aliphatic rings. The van der Waals surface area contributed by atoms with Crippen molar-refractivity contribution in [3.8, 4) is 0 Å². The van der Waals surface area contributed by atoms with Gasteiger partial charge in [0.05, 0.1) is 12.0 Å². The van der Waals surface area contributed by atoms with Crippen LogP contribution in [-0.4, -0.2) is 29.4 Å². The molecule has 19 heavy (non-hydrogen) atoms. The normalized spacial score (nSPS) is 21.9. The van der Waals surface area contributed by atoms with E-state index in [1.54, 1.807) is 6.92 Å². The molecule has 0 aromatic carbocycles. The molecule has 1 fully saturated rings. The molecule has 1 aliphatic heterocycles. The van der Waals surface area contributed by atoms with Gasteiger partial charge in [-0.1, -0.05) is 0 Å².